The molecule has 5 rings (SSSR count). The molecule has 7 heteroatoms. The first-order chi connectivity index (χ1) is 15.1. The summed E-state index contributed by atoms with van der Waals surface area (Å²) in [6.07, 6.45) is -3.46. The number of hydrogen-bond acceptors (Lipinski definition) is 2. The Morgan fingerprint density at radius 3 is 2.33 bits per heavy atom. The van der Waals surface area contributed by atoms with E-state index in [9.17, 15) is 18.3 Å². The van der Waals surface area contributed by atoms with Crippen LogP contribution in [-0.2, 0) is 11.8 Å². The quantitative estimate of drug-likeness (QED) is 0.455. The first-order valence-electron chi connectivity index (χ1n) is 10.6. The summed E-state index contributed by atoms with van der Waals surface area (Å²) >= 11 is 0. The summed E-state index contributed by atoms with van der Waals surface area (Å²) in [5, 5.41) is 10.5. The summed E-state index contributed by atoms with van der Waals surface area (Å²) in [6.45, 7) is 3.54. The molecule has 1 saturated carbocycles. The number of alkyl halides is 3. The molecule has 166 valence electrons. The van der Waals surface area contributed by atoms with E-state index in [2.05, 4.69) is 4.98 Å². The van der Waals surface area contributed by atoms with E-state index in [0.29, 0.717) is 0 Å². The Hall–Kier alpha value is -2.12. The van der Waals surface area contributed by atoms with Gasteiger partial charge in [-0.1, -0.05) is 42.5 Å². The van der Waals surface area contributed by atoms with E-state index in [-0.39, 0.29) is 42.8 Å². The third-order valence-electron chi connectivity index (χ3n) is 6.21. The largest absolute Gasteiger partial charge is 1.00 e. The normalized spacial score (nSPS) is 18.2. The van der Waals surface area contributed by atoms with Crippen molar-refractivity contribution in [2.75, 3.05) is 0 Å². The number of benzene rings is 3. The molecule has 0 amide bonds. The third kappa shape index (κ3) is 4.76. The zero-order chi connectivity index (χ0) is 22.7. The summed E-state index contributed by atoms with van der Waals surface area (Å²) < 4.78 is 38.4. The van der Waals surface area contributed by atoms with Crippen LogP contribution in [0.25, 0.3) is 22.2 Å². The first kappa shape index (κ1) is 24.0. The number of nitrogens with zero attached hydrogens (tertiary/aromatic N) is 1. The van der Waals surface area contributed by atoms with Crippen molar-refractivity contribution in [1.29, 1.82) is 0 Å². The Morgan fingerprint density at radius 2 is 1.67 bits per heavy atom. The number of halogens is 3. The van der Waals surface area contributed by atoms with E-state index in [1.165, 1.54) is 0 Å². The second-order valence-electron chi connectivity index (χ2n) is 9.03. The summed E-state index contributed by atoms with van der Waals surface area (Å²) in [6, 6.07) is 19.2. The van der Waals surface area contributed by atoms with Crippen molar-refractivity contribution in [2.24, 2.45) is 0 Å². The fourth-order valence-corrected chi connectivity index (χ4v) is 4.43. The van der Waals surface area contributed by atoms with Crippen molar-refractivity contribution < 1.29 is 49.3 Å². The summed E-state index contributed by atoms with van der Waals surface area (Å²) in [7, 11) is 0. The molecule has 1 fully saturated rings. The number of aromatic nitrogens is 2. The Bertz CT molecular complexity index is 1300. The van der Waals surface area contributed by atoms with Gasteiger partial charge >= 0.3 is 35.7 Å². The van der Waals surface area contributed by atoms with Crippen LogP contribution in [0.4, 0.5) is 13.2 Å². The number of aromatic amines is 1. The van der Waals surface area contributed by atoms with E-state index in [1.807, 2.05) is 42.5 Å². The second-order valence-corrected chi connectivity index (χ2v) is 9.03. The van der Waals surface area contributed by atoms with Gasteiger partial charge in [-0.25, -0.2) is 4.98 Å². The summed E-state index contributed by atoms with van der Waals surface area (Å²) in [5.41, 5.74) is 3.87. The van der Waals surface area contributed by atoms with Gasteiger partial charge in [0.1, 0.15) is 5.82 Å². The van der Waals surface area contributed by atoms with Gasteiger partial charge in [0.05, 0.1) is 22.2 Å². The average Bonchev–Trinajstić information content (AvgIpc) is 3.44. The van der Waals surface area contributed by atoms with Crippen molar-refractivity contribution in [2.45, 2.75) is 43.9 Å². The standard InChI is InChI=1S/C26H23F3N2O.Na.H/c1-25(2,32)21-6-4-3-5-18(21)16-9-12-22-23(13-16)31-24(30-22)20-14-19(20)15-7-10-17(11-8-15)26(27,28)29;;/h3-13,19-20,32H,14H2,1-2H3,(H,30,31);;/q;+1;-1/t19-,20+;;/m1../s1. The van der Waals surface area contributed by atoms with Crippen LogP contribution in [0.3, 0.4) is 0 Å². The van der Waals surface area contributed by atoms with E-state index < -0.39 is 17.3 Å². The van der Waals surface area contributed by atoms with Crippen molar-refractivity contribution in [1.82, 2.24) is 9.97 Å². The van der Waals surface area contributed by atoms with Crippen molar-refractivity contribution in [3.63, 3.8) is 0 Å². The van der Waals surface area contributed by atoms with Crippen LogP contribution in [0.5, 0.6) is 0 Å². The summed E-state index contributed by atoms with van der Waals surface area (Å²) in [4.78, 5) is 8.14. The molecule has 1 aliphatic rings. The van der Waals surface area contributed by atoms with Gasteiger partial charge in [-0.3, -0.25) is 0 Å². The average molecular weight is 460 g/mol. The van der Waals surface area contributed by atoms with E-state index in [0.717, 1.165) is 57.7 Å². The van der Waals surface area contributed by atoms with E-state index >= 15 is 0 Å². The van der Waals surface area contributed by atoms with Gasteiger partial charge in [-0.15, -0.1) is 0 Å². The van der Waals surface area contributed by atoms with E-state index in [4.69, 9.17) is 4.98 Å². The number of H-pyrrole nitrogens is 1. The van der Waals surface area contributed by atoms with Crippen LogP contribution in [0.1, 0.15) is 56.0 Å². The number of rotatable bonds is 4. The van der Waals surface area contributed by atoms with Gasteiger partial charge in [-0.05, 0) is 72.7 Å². The minimum atomic E-state index is -4.32. The van der Waals surface area contributed by atoms with Crippen molar-refractivity contribution in [3.8, 4) is 11.1 Å². The molecule has 0 aliphatic heterocycles. The molecule has 3 aromatic carbocycles. The molecule has 0 radical (unpaired) electrons. The zero-order valence-corrected chi connectivity index (χ0v) is 20.7. The first-order valence-corrected chi connectivity index (χ1v) is 10.6. The van der Waals surface area contributed by atoms with E-state index in [1.54, 1.807) is 26.0 Å². The van der Waals surface area contributed by atoms with Gasteiger partial charge in [0.15, 0.2) is 0 Å². The maximum absolute atomic E-state index is 12.8. The zero-order valence-electron chi connectivity index (χ0n) is 19.7. The van der Waals surface area contributed by atoms with Crippen LogP contribution < -0.4 is 29.6 Å². The molecule has 0 saturated heterocycles. The molecule has 0 spiro atoms. The smallest absolute Gasteiger partial charge is 1.00 e. The minimum absolute atomic E-state index is 0. The maximum Gasteiger partial charge on any atom is 1.00 e. The maximum atomic E-state index is 12.8. The fraction of sp³-hybridized carbons (Fsp3) is 0.269. The van der Waals surface area contributed by atoms with Gasteiger partial charge in [0.25, 0.3) is 0 Å². The SMILES string of the molecule is CC(C)(O)c1ccccc1-c1ccc2nc([C@H]3C[C@@H]3c3ccc(C(F)(F)F)cc3)[nH]c2c1.[H-].[Na+]. The third-order valence-corrected chi connectivity index (χ3v) is 6.21. The molecule has 3 nitrogen and oxygen atoms in total. The Labute approximate surface area is 213 Å². The number of nitrogens with one attached hydrogen (secondary N) is 1. The fourth-order valence-electron chi connectivity index (χ4n) is 4.43. The van der Waals surface area contributed by atoms with Gasteiger partial charge in [-0.2, -0.15) is 13.2 Å². The molecule has 1 aromatic heterocycles. The van der Waals surface area contributed by atoms with Crippen LogP contribution in [0.15, 0.2) is 66.7 Å². The second kappa shape index (κ2) is 8.58. The Balaban J connectivity index is 0.00000162. The van der Waals surface area contributed by atoms with Crippen molar-refractivity contribution >= 4 is 11.0 Å². The molecular weight excluding hydrogens is 436 g/mol. The number of fused-ring (bicyclic) bond motifs is 1. The minimum Gasteiger partial charge on any atom is -1.00 e. The molecular formula is C26H24F3N2NaO. The van der Waals surface area contributed by atoms with Gasteiger partial charge in [0.2, 0.25) is 0 Å². The number of aliphatic hydroxyl groups is 1. The molecule has 2 N–H and O–H groups in total. The number of imidazole rings is 1. The van der Waals surface area contributed by atoms with Gasteiger partial charge < -0.3 is 11.5 Å². The number of hydrogen-bond donors (Lipinski definition) is 2. The Kier molecular flexibility index (Phi) is 6.25. The van der Waals surface area contributed by atoms with Crippen LogP contribution in [0, 0.1) is 0 Å². The van der Waals surface area contributed by atoms with Gasteiger partial charge in [0, 0.05) is 5.92 Å². The predicted molar refractivity (Wildman–Crippen MR) is 119 cm³/mol. The van der Waals surface area contributed by atoms with Crippen LogP contribution in [0.2, 0.25) is 0 Å². The molecule has 2 atom stereocenters. The topological polar surface area (TPSA) is 48.9 Å². The molecule has 1 aliphatic carbocycles. The molecule has 33 heavy (non-hydrogen) atoms. The molecule has 4 aromatic rings. The predicted octanol–water partition coefficient (Wildman–Crippen LogP) is 3.86. The molecule has 0 unspecified atom stereocenters. The molecule has 0 bridgehead atoms. The van der Waals surface area contributed by atoms with Crippen molar-refractivity contribution in [3.05, 3.63) is 89.2 Å². The summed E-state index contributed by atoms with van der Waals surface area (Å²) in [5.74, 6) is 1.21. The molecule has 1 heterocycles. The Morgan fingerprint density at radius 1 is 0.970 bits per heavy atom. The van der Waals surface area contributed by atoms with Crippen LogP contribution in [-0.4, -0.2) is 15.1 Å². The van der Waals surface area contributed by atoms with Crippen LogP contribution >= 0.6 is 0 Å². The monoisotopic (exact) mass is 460 g/mol.